The van der Waals surface area contributed by atoms with E-state index in [0.717, 1.165) is 25.7 Å². The molecule has 1 heterocycles. The average Bonchev–Trinajstić information content (AvgIpc) is 3.32. The maximum Gasteiger partial charge on any atom is 0.244 e. The predicted molar refractivity (Wildman–Crippen MR) is 85.7 cm³/mol. The molecular weight excluding hydrogens is 322 g/mol. The summed E-state index contributed by atoms with van der Waals surface area (Å²) >= 11 is 5.82. The molecule has 1 aliphatic carbocycles. The van der Waals surface area contributed by atoms with Crippen molar-refractivity contribution in [3.05, 3.63) is 29.3 Å². The summed E-state index contributed by atoms with van der Waals surface area (Å²) in [5, 5.41) is 0.489. The summed E-state index contributed by atoms with van der Waals surface area (Å²) in [5.41, 5.74) is 0. The van der Waals surface area contributed by atoms with Crippen LogP contribution >= 0.6 is 11.6 Å². The first kappa shape index (κ1) is 15.8. The van der Waals surface area contributed by atoms with Crippen LogP contribution in [-0.4, -0.2) is 37.1 Å². The van der Waals surface area contributed by atoms with Gasteiger partial charge in [0.1, 0.15) is 0 Å². The number of hydrogen-bond donors (Lipinski definition) is 0. The quantitative estimate of drug-likeness (QED) is 0.849. The minimum Gasteiger partial charge on any atom is -0.341 e. The Kier molecular flexibility index (Phi) is 4.21. The Morgan fingerprint density at radius 1 is 1.00 bits per heavy atom. The molecule has 3 rings (SSSR count). The lowest BCUT2D eigenvalue weighted by atomic mass is 10.2. The number of carbonyl (C=O) groups excluding carboxylic acids is 1. The van der Waals surface area contributed by atoms with Gasteiger partial charge < -0.3 is 4.90 Å². The number of likely N-dealkylation sites (tertiary alicyclic amines) is 1. The summed E-state index contributed by atoms with van der Waals surface area (Å²) in [5.74, 6) is -0.204. The van der Waals surface area contributed by atoms with Crippen molar-refractivity contribution in [1.82, 2.24) is 4.90 Å². The van der Waals surface area contributed by atoms with Gasteiger partial charge in [0.2, 0.25) is 5.91 Å². The molecule has 4 nitrogen and oxygen atoms in total. The van der Waals surface area contributed by atoms with Crippen LogP contribution < -0.4 is 0 Å². The van der Waals surface area contributed by atoms with E-state index >= 15 is 0 Å². The number of benzene rings is 1. The topological polar surface area (TPSA) is 54.5 Å². The molecule has 0 atom stereocenters. The van der Waals surface area contributed by atoms with Gasteiger partial charge >= 0.3 is 0 Å². The zero-order valence-electron chi connectivity index (χ0n) is 12.4. The minimum atomic E-state index is -3.65. The third kappa shape index (κ3) is 2.65. The Hall–Kier alpha value is -1.07. The molecule has 0 bridgehead atoms. The van der Waals surface area contributed by atoms with E-state index in [1.807, 2.05) is 0 Å². The van der Waals surface area contributed by atoms with Crippen LogP contribution in [0.25, 0.3) is 0 Å². The lowest BCUT2D eigenvalue weighted by Crippen LogP contribution is -2.45. The van der Waals surface area contributed by atoms with Gasteiger partial charge in [-0.3, -0.25) is 4.79 Å². The molecule has 120 valence electrons. The van der Waals surface area contributed by atoms with Crippen LogP contribution in [0.4, 0.5) is 0 Å². The van der Waals surface area contributed by atoms with Crippen LogP contribution in [-0.2, 0) is 14.6 Å². The standard InChI is InChI=1S/C16H20ClNO3S/c17-13-5-7-14(8-6-13)22(20,21)16(9-10-16)15(19)18-11-3-1-2-4-12-18/h5-8H,1-4,9-12H2. The molecule has 0 unspecified atom stereocenters. The molecule has 0 radical (unpaired) electrons. The van der Waals surface area contributed by atoms with E-state index in [1.165, 1.54) is 12.1 Å². The second-order valence-corrected chi connectivity index (χ2v) is 8.85. The van der Waals surface area contributed by atoms with Gasteiger partial charge in [0.15, 0.2) is 14.6 Å². The summed E-state index contributed by atoms with van der Waals surface area (Å²) < 4.78 is 24.6. The SMILES string of the molecule is O=C(N1CCCCCC1)C1(S(=O)(=O)c2ccc(Cl)cc2)CC1. The highest BCUT2D eigenvalue weighted by Gasteiger charge is 2.62. The average molecular weight is 342 g/mol. The van der Waals surface area contributed by atoms with Gasteiger partial charge in [-0.25, -0.2) is 8.42 Å². The molecule has 1 aromatic carbocycles. The van der Waals surface area contributed by atoms with Crippen LogP contribution in [0.3, 0.4) is 0 Å². The van der Waals surface area contributed by atoms with E-state index in [9.17, 15) is 13.2 Å². The van der Waals surface area contributed by atoms with Crippen molar-refractivity contribution in [2.45, 2.75) is 48.2 Å². The Morgan fingerprint density at radius 3 is 2.05 bits per heavy atom. The molecule has 6 heteroatoms. The van der Waals surface area contributed by atoms with Crippen molar-refractivity contribution in [1.29, 1.82) is 0 Å². The number of halogens is 1. The number of nitrogens with zero attached hydrogens (tertiary/aromatic N) is 1. The van der Waals surface area contributed by atoms with Gasteiger partial charge in [0.05, 0.1) is 4.90 Å². The van der Waals surface area contributed by atoms with E-state index in [1.54, 1.807) is 17.0 Å². The van der Waals surface area contributed by atoms with Crippen LogP contribution in [0.2, 0.25) is 5.02 Å². The maximum absolute atomic E-state index is 12.9. The summed E-state index contributed by atoms with van der Waals surface area (Å²) in [4.78, 5) is 14.8. The zero-order valence-corrected chi connectivity index (χ0v) is 14.0. The highest BCUT2D eigenvalue weighted by atomic mass is 35.5. The molecule has 1 saturated heterocycles. The van der Waals surface area contributed by atoms with Crippen molar-refractivity contribution in [3.63, 3.8) is 0 Å². The van der Waals surface area contributed by atoms with Crippen molar-refractivity contribution in [3.8, 4) is 0 Å². The number of rotatable bonds is 3. The van der Waals surface area contributed by atoms with Crippen LogP contribution in [0.1, 0.15) is 38.5 Å². The molecule has 0 aromatic heterocycles. The Bertz CT molecular complexity index is 657. The zero-order chi connectivity index (χ0) is 15.8. The van der Waals surface area contributed by atoms with Gasteiger partial charge in [-0.1, -0.05) is 24.4 Å². The number of amides is 1. The third-order valence-corrected chi connectivity index (χ3v) is 7.38. The molecular formula is C16H20ClNO3S. The molecule has 0 spiro atoms. The molecule has 1 saturated carbocycles. The first-order valence-electron chi connectivity index (χ1n) is 7.77. The normalized spacial score (nSPS) is 21.2. The Morgan fingerprint density at radius 2 is 1.55 bits per heavy atom. The number of hydrogen-bond acceptors (Lipinski definition) is 3. The fourth-order valence-corrected chi connectivity index (χ4v) is 5.18. The largest absolute Gasteiger partial charge is 0.341 e. The van der Waals surface area contributed by atoms with E-state index in [2.05, 4.69) is 0 Å². The monoisotopic (exact) mass is 341 g/mol. The molecule has 2 fully saturated rings. The van der Waals surface area contributed by atoms with Gasteiger partial charge in [0, 0.05) is 18.1 Å². The Balaban J connectivity index is 1.88. The lowest BCUT2D eigenvalue weighted by Gasteiger charge is -2.26. The molecule has 0 N–H and O–H groups in total. The molecule has 22 heavy (non-hydrogen) atoms. The van der Waals surface area contributed by atoms with Crippen LogP contribution in [0.5, 0.6) is 0 Å². The number of carbonyl (C=O) groups is 1. The van der Waals surface area contributed by atoms with E-state index in [0.29, 0.717) is 31.0 Å². The summed E-state index contributed by atoms with van der Waals surface area (Å²) in [6.07, 6.45) is 4.99. The Labute approximate surface area is 136 Å². The molecule has 1 amide bonds. The summed E-state index contributed by atoms with van der Waals surface area (Å²) in [7, 11) is -3.65. The van der Waals surface area contributed by atoms with Gasteiger partial charge in [0.25, 0.3) is 0 Å². The third-order valence-electron chi connectivity index (χ3n) is 4.63. The van der Waals surface area contributed by atoms with Gasteiger partial charge in [-0.2, -0.15) is 0 Å². The van der Waals surface area contributed by atoms with Crippen molar-refractivity contribution in [2.75, 3.05) is 13.1 Å². The first-order chi connectivity index (χ1) is 10.5. The summed E-state index contributed by atoms with van der Waals surface area (Å²) in [6, 6.07) is 6.10. The van der Waals surface area contributed by atoms with E-state index in [4.69, 9.17) is 11.6 Å². The molecule has 1 aliphatic heterocycles. The van der Waals surface area contributed by atoms with E-state index in [-0.39, 0.29) is 10.8 Å². The van der Waals surface area contributed by atoms with Gasteiger partial charge in [-0.05, 0) is 49.9 Å². The van der Waals surface area contributed by atoms with Crippen molar-refractivity contribution in [2.24, 2.45) is 0 Å². The van der Waals surface area contributed by atoms with Crippen molar-refractivity contribution >= 4 is 27.3 Å². The highest BCUT2D eigenvalue weighted by molar-refractivity contribution is 7.94. The second-order valence-electron chi connectivity index (χ2n) is 6.16. The van der Waals surface area contributed by atoms with Crippen LogP contribution in [0.15, 0.2) is 29.2 Å². The fourth-order valence-electron chi connectivity index (χ4n) is 3.11. The van der Waals surface area contributed by atoms with Crippen LogP contribution in [0, 0.1) is 0 Å². The van der Waals surface area contributed by atoms with E-state index < -0.39 is 14.6 Å². The minimum absolute atomic E-state index is 0.192. The number of sulfone groups is 1. The maximum atomic E-state index is 12.9. The first-order valence-corrected chi connectivity index (χ1v) is 9.63. The molecule has 1 aromatic rings. The smallest absolute Gasteiger partial charge is 0.244 e. The lowest BCUT2D eigenvalue weighted by molar-refractivity contribution is -0.131. The second kappa shape index (κ2) is 5.85. The highest BCUT2D eigenvalue weighted by Crippen LogP contribution is 2.48. The van der Waals surface area contributed by atoms with Gasteiger partial charge in [-0.15, -0.1) is 0 Å². The predicted octanol–water partition coefficient (Wildman–Crippen LogP) is 3.05. The summed E-state index contributed by atoms with van der Waals surface area (Å²) in [6.45, 7) is 1.35. The molecule has 2 aliphatic rings. The van der Waals surface area contributed by atoms with Crippen molar-refractivity contribution < 1.29 is 13.2 Å². The fraction of sp³-hybridized carbons (Fsp3) is 0.562.